The zero-order valence-corrected chi connectivity index (χ0v) is 19.3. The number of hydrogen-bond donors (Lipinski definition) is 1. The summed E-state index contributed by atoms with van der Waals surface area (Å²) in [6.45, 7) is 5.45. The van der Waals surface area contributed by atoms with E-state index in [1.807, 2.05) is 60.8 Å². The minimum absolute atomic E-state index is 0.0414. The average Bonchev–Trinajstić information content (AvgIpc) is 3.14. The lowest BCUT2D eigenvalue weighted by Crippen LogP contribution is -2.51. The summed E-state index contributed by atoms with van der Waals surface area (Å²) >= 11 is 0. The van der Waals surface area contributed by atoms with Gasteiger partial charge >= 0.3 is 0 Å². The van der Waals surface area contributed by atoms with Gasteiger partial charge in [-0.3, -0.25) is 14.3 Å². The number of para-hydroxylation sites is 1. The summed E-state index contributed by atoms with van der Waals surface area (Å²) in [4.78, 5) is 32.1. The fraction of sp³-hybridized carbons (Fsp3) is 0.440. The first-order valence-corrected chi connectivity index (χ1v) is 11.5. The van der Waals surface area contributed by atoms with Crippen molar-refractivity contribution in [3.8, 4) is 0 Å². The molecule has 4 heterocycles. The van der Waals surface area contributed by atoms with Crippen molar-refractivity contribution in [3.63, 3.8) is 0 Å². The number of carbonyl (C=O) groups excluding carboxylic acids is 2. The molecule has 2 aromatic heterocycles. The standard InChI is InChI=1S/C25H29N5O3/c1-16(2)26-23(31)22-18-15-33-25(14-21(18)29(3)28-22)10-12-30(13-11-25)24(32)20-9-8-17-6-4-5-7-19(17)27-20/h4-9,16H,10-15H2,1-3H3,(H,26,31). The molecule has 8 nitrogen and oxygen atoms in total. The summed E-state index contributed by atoms with van der Waals surface area (Å²) < 4.78 is 8.16. The monoisotopic (exact) mass is 447 g/mol. The number of fused-ring (bicyclic) bond motifs is 2. The molecule has 2 aliphatic heterocycles. The molecule has 0 aliphatic carbocycles. The molecule has 0 bridgehead atoms. The van der Waals surface area contributed by atoms with Gasteiger partial charge in [0.2, 0.25) is 0 Å². The van der Waals surface area contributed by atoms with Gasteiger partial charge in [-0.2, -0.15) is 5.10 Å². The largest absolute Gasteiger partial charge is 0.370 e. The number of pyridine rings is 1. The van der Waals surface area contributed by atoms with Gasteiger partial charge in [-0.25, -0.2) is 4.98 Å². The molecular weight excluding hydrogens is 418 g/mol. The molecule has 1 spiro atoms. The maximum atomic E-state index is 13.1. The Labute approximate surface area is 192 Å². The van der Waals surface area contributed by atoms with Crippen molar-refractivity contribution in [2.45, 2.75) is 51.4 Å². The molecule has 1 aromatic carbocycles. The van der Waals surface area contributed by atoms with Crippen LogP contribution >= 0.6 is 0 Å². The van der Waals surface area contributed by atoms with Crippen LogP contribution in [0.2, 0.25) is 0 Å². The average molecular weight is 448 g/mol. The normalized spacial score (nSPS) is 17.4. The van der Waals surface area contributed by atoms with Gasteiger partial charge in [-0.15, -0.1) is 0 Å². The van der Waals surface area contributed by atoms with Gasteiger partial charge in [0.25, 0.3) is 11.8 Å². The molecule has 5 rings (SSSR count). The minimum atomic E-state index is -0.333. The lowest BCUT2D eigenvalue weighted by molar-refractivity contribution is -0.0990. The Morgan fingerprint density at radius 1 is 1.12 bits per heavy atom. The number of aromatic nitrogens is 3. The Morgan fingerprint density at radius 2 is 1.88 bits per heavy atom. The number of likely N-dealkylation sites (tertiary alicyclic amines) is 1. The summed E-state index contributed by atoms with van der Waals surface area (Å²) in [6.07, 6.45) is 2.17. The van der Waals surface area contributed by atoms with E-state index in [0.717, 1.165) is 35.0 Å². The number of nitrogens with one attached hydrogen (secondary N) is 1. The molecular formula is C25H29N5O3. The predicted octanol–water partition coefficient (Wildman–Crippen LogP) is 2.85. The predicted molar refractivity (Wildman–Crippen MR) is 124 cm³/mol. The van der Waals surface area contributed by atoms with Crippen LogP contribution < -0.4 is 5.32 Å². The Balaban J connectivity index is 1.29. The summed E-state index contributed by atoms with van der Waals surface area (Å²) in [5.41, 5.74) is 3.34. The maximum Gasteiger partial charge on any atom is 0.272 e. The van der Waals surface area contributed by atoms with Gasteiger partial charge in [0, 0.05) is 49.2 Å². The van der Waals surface area contributed by atoms with Crippen LogP contribution in [0.3, 0.4) is 0 Å². The van der Waals surface area contributed by atoms with Crippen LogP contribution in [0.5, 0.6) is 0 Å². The highest BCUT2D eigenvalue weighted by Gasteiger charge is 2.42. The summed E-state index contributed by atoms with van der Waals surface area (Å²) in [5, 5.41) is 8.42. The second kappa shape index (κ2) is 8.26. The molecule has 1 saturated heterocycles. The van der Waals surface area contributed by atoms with Crippen molar-refractivity contribution in [2.75, 3.05) is 13.1 Å². The molecule has 172 valence electrons. The van der Waals surface area contributed by atoms with Crippen LogP contribution in [-0.4, -0.2) is 56.2 Å². The van der Waals surface area contributed by atoms with Crippen molar-refractivity contribution in [2.24, 2.45) is 7.05 Å². The van der Waals surface area contributed by atoms with Gasteiger partial charge in [-0.1, -0.05) is 24.3 Å². The summed E-state index contributed by atoms with van der Waals surface area (Å²) in [7, 11) is 1.88. The number of nitrogens with zero attached hydrogens (tertiary/aromatic N) is 4. The molecule has 0 atom stereocenters. The molecule has 33 heavy (non-hydrogen) atoms. The number of aryl methyl sites for hydroxylation is 1. The van der Waals surface area contributed by atoms with E-state index in [4.69, 9.17) is 4.74 Å². The molecule has 2 amide bonds. The SMILES string of the molecule is CC(C)NC(=O)c1nn(C)c2c1COC1(CCN(C(=O)c3ccc4ccccc4n3)CC1)C2. The molecule has 1 N–H and O–H groups in total. The second-order valence-corrected chi connectivity index (χ2v) is 9.36. The van der Waals surface area contributed by atoms with E-state index in [0.29, 0.717) is 37.5 Å². The molecule has 1 fully saturated rings. The van der Waals surface area contributed by atoms with Crippen LogP contribution in [0.1, 0.15) is 58.9 Å². The minimum Gasteiger partial charge on any atom is -0.370 e. The van der Waals surface area contributed by atoms with Crippen LogP contribution in [0.15, 0.2) is 36.4 Å². The van der Waals surface area contributed by atoms with Crippen molar-refractivity contribution < 1.29 is 14.3 Å². The molecule has 0 unspecified atom stereocenters. The molecule has 0 saturated carbocycles. The first-order valence-electron chi connectivity index (χ1n) is 11.5. The van der Waals surface area contributed by atoms with E-state index in [1.54, 1.807) is 6.07 Å². The van der Waals surface area contributed by atoms with E-state index >= 15 is 0 Å². The zero-order chi connectivity index (χ0) is 23.2. The number of piperidine rings is 1. The van der Waals surface area contributed by atoms with E-state index in [9.17, 15) is 9.59 Å². The first-order chi connectivity index (χ1) is 15.8. The Kier molecular flexibility index (Phi) is 5.40. The van der Waals surface area contributed by atoms with Crippen LogP contribution in [0.4, 0.5) is 0 Å². The second-order valence-electron chi connectivity index (χ2n) is 9.36. The number of benzene rings is 1. The van der Waals surface area contributed by atoms with Crippen LogP contribution in [0, 0.1) is 0 Å². The van der Waals surface area contributed by atoms with E-state index < -0.39 is 0 Å². The van der Waals surface area contributed by atoms with E-state index in [2.05, 4.69) is 15.4 Å². The molecule has 8 heteroatoms. The summed E-state index contributed by atoms with van der Waals surface area (Å²) in [5.74, 6) is -0.204. The Bertz CT molecular complexity index is 1220. The van der Waals surface area contributed by atoms with E-state index in [1.165, 1.54) is 0 Å². The maximum absolute atomic E-state index is 13.1. The highest BCUT2D eigenvalue weighted by Crippen LogP contribution is 2.37. The Morgan fingerprint density at radius 3 is 2.64 bits per heavy atom. The van der Waals surface area contributed by atoms with Crippen LogP contribution in [-0.2, 0) is 24.8 Å². The third kappa shape index (κ3) is 3.99. The highest BCUT2D eigenvalue weighted by molar-refractivity contribution is 5.95. The van der Waals surface area contributed by atoms with E-state index in [-0.39, 0.29) is 23.5 Å². The quantitative estimate of drug-likeness (QED) is 0.667. The van der Waals surface area contributed by atoms with Crippen molar-refractivity contribution >= 4 is 22.7 Å². The topological polar surface area (TPSA) is 89.4 Å². The fourth-order valence-corrected chi connectivity index (χ4v) is 4.86. The van der Waals surface area contributed by atoms with Gasteiger partial charge in [0.05, 0.1) is 17.7 Å². The number of ether oxygens (including phenoxy) is 1. The zero-order valence-electron chi connectivity index (χ0n) is 19.3. The molecule has 3 aromatic rings. The lowest BCUT2D eigenvalue weighted by Gasteiger charge is -2.43. The van der Waals surface area contributed by atoms with Gasteiger partial charge < -0.3 is 15.0 Å². The third-order valence-electron chi connectivity index (χ3n) is 6.70. The lowest BCUT2D eigenvalue weighted by atomic mass is 9.83. The van der Waals surface area contributed by atoms with Crippen molar-refractivity contribution in [1.82, 2.24) is 25.0 Å². The Hall–Kier alpha value is -3.26. The number of amides is 2. The van der Waals surface area contributed by atoms with Crippen molar-refractivity contribution in [1.29, 1.82) is 0 Å². The smallest absolute Gasteiger partial charge is 0.272 e. The fourth-order valence-electron chi connectivity index (χ4n) is 4.86. The van der Waals surface area contributed by atoms with Crippen LogP contribution in [0.25, 0.3) is 10.9 Å². The molecule has 2 aliphatic rings. The van der Waals surface area contributed by atoms with Gasteiger partial charge in [0.1, 0.15) is 5.69 Å². The first kappa shape index (κ1) is 21.6. The third-order valence-corrected chi connectivity index (χ3v) is 6.70. The number of carbonyl (C=O) groups is 2. The van der Waals surface area contributed by atoms with Gasteiger partial charge in [0.15, 0.2) is 5.69 Å². The van der Waals surface area contributed by atoms with Crippen molar-refractivity contribution in [3.05, 3.63) is 59.0 Å². The van der Waals surface area contributed by atoms with Gasteiger partial charge in [-0.05, 0) is 38.8 Å². The highest BCUT2D eigenvalue weighted by atomic mass is 16.5. The molecule has 0 radical (unpaired) electrons. The number of hydrogen-bond acceptors (Lipinski definition) is 5. The summed E-state index contributed by atoms with van der Waals surface area (Å²) in [6, 6.07) is 11.6. The number of rotatable bonds is 3.